The quantitative estimate of drug-likeness (QED) is 0.311. The molecule has 0 radical (unpaired) electrons. The Balaban J connectivity index is 2.54. The van der Waals surface area contributed by atoms with Crippen molar-refractivity contribution in [2.24, 2.45) is 5.41 Å². The Kier molecular flexibility index (Phi) is 5.27. The first-order chi connectivity index (χ1) is 7.75. The number of hydrogen-bond acceptors (Lipinski definition) is 1. The fourth-order valence-corrected chi connectivity index (χ4v) is 3.83. The normalized spacial score (nSPS) is 29.7. The van der Waals surface area contributed by atoms with Crippen LogP contribution in [0.5, 0.6) is 0 Å². The van der Waals surface area contributed by atoms with Crippen LogP contribution in [0.15, 0.2) is 0 Å². The highest BCUT2D eigenvalue weighted by molar-refractivity contribution is 14.1. The second kappa shape index (κ2) is 5.88. The predicted octanol–water partition coefficient (Wildman–Crippen LogP) is 4.21. The molecule has 0 bridgehead atoms. The van der Waals surface area contributed by atoms with Crippen LogP contribution in [0, 0.1) is 16.9 Å². The minimum absolute atomic E-state index is 0.185. The molecule has 0 aliphatic heterocycles. The highest BCUT2D eigenvalue weighted by Crippen LogP contribution is 2.42. The second-order valence-electron chi connectivity index (χ2n) is 6.39. The summed E-state index contributed by atoms with van der Waals surface area (Å²) in [7, 11) is -1.23. The van der Waals surface area contributed by atoms with Gasteiger partial charge >= 0.3 is 0 Å². The van der Waals surface area contributed by atoms with Crippen LogP contribution in [0.1, 0.15) is 39.0 Å². The van der Waals surface area contributed by atoms with Crippen molar-refractivity contribution in [3.8, 4) is 11.5 Å². The average molecular weight is 362 g/mol. The molecule has 0 aromatic heterocycles. The van der Waals surface area contributed by atoms with Crippen LogP contribution in [0.25, 0.3) is 0 Å². The number of Topliss-reactive ketones (excluding diaryl/α,β-unsaturated/α-hetero) is 1. The molecule has 0 aromatic rings. The number of hydrogen-bond donors (Lipinski definition) is 0. The maximum absolute atomic E-state index is 11.8. The average Bonchev–Trinajstić information content (AvgIpc) is 2.20. The van der Waals surface area contributed by atoms with Crippen LogP contribution in [0.4, 0.5) is 0 Å². The van der Waals surface area contributed by atoms with Gasteiger partial charge in [-0.2, -0.15) is 0 Å². The van der Waals surface area contributed by atoms with E-state index in [1.165, 1.54) is 6.42 Å². The third-order valence-electron chi connectivity index (χ3n) is 3.35. The van der Waals surface area contributed by atoms with Crippen LogP contribution in [-0.4, -0.2) is 17.8 Å². The third-order valence-corrected chi connectivity index (χ3v) is 6.48. The van der Waals surface area contributed by atoms with E-state index in [0.717, 1.165) is 25.7 Å². The van der Waals surface area contributed by atoms with E-state index in [1.54, 1.807) is 0 Å². The first kappa shape index (κ1) is 15.2. The van der Waals surface area contributed by atoms with Gasteiger partial charge in [-0.15, -0.1) is 11.5 Å². The summed E-state index contributed by atoms with van der Waals surface area (Å²) >= 11 is 2.34. The van der Waals surface area contributed by atoms with Crippen molar-refractivity contribution in [3.63, 3.8) is 0 Å². The van der Waals surface area contributed by atoms with Gasteiger partial charge in [-0.1, -0.05) is 49.2 Å². The topological polar surface area (TPSA) is 17.1 Å². The second-order valence-corrected chi connectivity index (χ2v) is 12.4. The molecule has 0 saturated heterocycles. The lowest BCUT2D eigenvalue weighted by Crippen LogP contribution is -2.38. The maximum atomic E-state index is 11.8. The minimum atomic E-state index is -1.23. The molecule has 0 amide bonds. The van der Waals surface area contributed by atoms with Crippen LogP contribution in [-0.2, 0) is 4.79 Å². The van der Waals surface area contributed by atoms with Crippen molar-refractivity contribution >= 4 is 36.4 Å². The number of carbonyl (C=O) groups excluding carboxylic acids is 1. The SMILES string of the molecule is C[C@]1(CCC#C[Si](C)(C)C)CCCC(=O)[C@@H]1I. The van der Waals surface area contributed by atoms with Gasteiger partial charge in [0, 0.05) is 12.8 Å². The molecule has 3 heteroatoms. The molecule has 17 heavy (non-hydrogen) atoms. The summed E-state index contributed by atoms with van der Waals surface area (Å²) in [6.07, 6.45) is 5.05. The monoisotopic (exact) mass is 362 g/mol. The Hall–Kier alpha value is 0.177. The van der Waals surface area contributed by atoms with E-state index in [0.29, 0.717) is 5.78 Å². The molecule has 0 aromatic carbocycles. The number of alkyl halides is 1. The molecule has 0 N–H and O–H groups in total. The number of carbonyl (C=O) groups is 1. The summed E-state index contributed by atoms with van der Waals surface area (Å²) in [6, 6.07) is 0. The van der Waals surface area contributed by atoms with Crippen LogP contribution >= 0.6 is 22.6 Å². The van der Waals surface area contributed by atoms with E-state index >= 15 is 0 Å². The van der Waals surface area contributed by atoms with E-state index in [1.807, 2.05) is 0 Å². The largest absolute Gasteiger partial charge is 0.299 e. The van der Waals surface area contributed by atoms with E-state index < -0.39 is 8.07 Å². The summed E-state index contributed by atoms with van der Waals surface area (Å²) in [5.74, 6) is 3.77. The molecular weight excluding hydrogens is 339 g/mol. The molecule has 1 aliphatic carbocycles. The maximum Gasteiger partial charge on any atom is 0.146 e. The summed E-state index contributed by atoms with van der Waals surface area (Å²) in [5, 5.41) is 0. The highest BCUT2D eigenvalue weighted by Gasteiger charge is 2.39. The summed E-state index contributed by atoms with van der Waals surface area (Å²) < 4.78 is 0.197. The summed E-state index contributed by atoms with van der Waals surface area (Å²) in [6.45, 7) is 9.07. The molecule has 96 valence electrons. The summed E-state index contributed by atoms with van der Waals surface area (Å²) in [5.41, 5.74) is 3.59. The molecule has 0 spiro atoms. The Morgan fingerprint density at radius 3 is 2.71 bits per heavy atom. The van der Waals surface area contributed by atoms with Crippen LogP contribution in [0.3, 0.4) is 0 Å². The Bertz CT molecular complexity index is 347. The smallest absolute Gasteiger partial charge is 0.146 e. The molecule has 0 unspecified atom stereocenters. The van der Waals surface area contributed by atoms with Crippen molar-refractivity contribution in [3.05, 3.63) is 0 Å². The molecule has 1 rings (SSSR count). The lowest BCUT2D eigenvalue weighted by Gasteiger charge is -2.37. The van der Waals surface area contributed by atoms with Gasteiger partial charge in [0.05, 0.1) is 3.92 Å². The van der Waals surface area contributed by atoms with Crippen LogP contribution in [0.2, 0.25) is 19.6 Å². The highest BCUT2D eigenvalue weighted by atomic mass is 127. The first-order valence-electron chi connectivity index (χ1n) is 6.41. The molecule has 1 saturated carbocycles. The zero-order chi connectivity index (χ0) is 13.1. The van der Waals surface area contributed by atoms with Gasteiger partial charge in [-0.25, -0.2) is 0 Å². The van der Waals surface area contributed by atoms with Gasteiger partial charge < -0.3 is 0 Å². The van der Waals surface area contributed by atoms with Crippen molar-refractivity contribution in [1.29, 1.82) is 0 Å². The van der Waals surface area contributed by atoms with Gasteiger partial charge in [-0.05, 0) is 24.7 Å². The van der Waals surface area contributed by atoms with Gasteiger partial charge in [0.25, 0.3) is 0 Å². The van der Waals surface area contributed by atoms with Crippen molar-refractivity contribution in [1.82, 2.24) is 0 Å². The number of rotatable bonds is 2. The van der Waals surface area contributed by atoms with Gasteiger partial charge in [-0.3, -0.25) is 4.79 Å². The Morgan fingerprint density at radius 2 is 2.12 bits per heavy atom. The Labute approximate surface area is 120 Å². The van der Waals surface area contributed by atoms with E-state index in [9.17, 15) is 4.79 Å². The molecule has 0 heterocycles. The standard InChI is InChI=1S/C14H23IOSi/c1-14(9-5-6-11-17(2,3)4)10-7-8-12(16)13(14)15/h13H,5,7-10H2,1-4H3/t13-,14-/m0/s1. The molecule has 2 atom stereocenters. The Morgan fingerprint density at radius 1 is 1.47 bits per heavy atom. The zero-order valence-electron chi connectivity index (χ0n) is 11.4. The van der Waals surface area contributed by atoms with Crippen molar-refractivity contribution < 1.29 is 4.79 Å². The van der Waals surface area contributed by atoms with Crippen molar-refractivity contribution in [2.45, 2.75) is 62.6 Å². The number of halogens is 1. The number of ketones is 1. The van der Waals surface area contributed by atoms with Gasteiger partial charge in [0.2, 0.25) is 0 Å². The predicted molar refractivity (Wildman–Crippen MR) is 85.1 cm³/mol. The fraction of sp³-hybridized carbons (Fsp3) is 0.786. The zero-order valence-corrected chi connectivity index (χ0v) is 14.6. The van der Waals surface area contributed by atoms with Crippen LogP contribution < -0.4 is 0 Å². The lowest BCUT2D eigenvalue weighted by atomic mass is 9.72. The minimum Gasteiger partial charge on any atom is -0.299 e. The first-order valence-corrected chi connectivity index (χ1v) is 11.2. The van der Waals surface area contributed by atoms with Crippen molar-refractivity contribution in [2.75, 3.05) is 0 Å². The van der Waals surface area contributed by atoms with Gasteiger partial charge in [0.1, 0.15) is 13.9 Å². The molecule has 1 fully saturated rings. The van der Waals surface area contributed by atoms with E-state index in [2.05, 4.69) is 60.6 Å². The fourth-order valence-electron chi connectivity index (χ4n) is 2.24. The van der Waals surface area contributed by atoms with E-state index in [-0.39, 0.29) is 9.34 Å². The summed E-state index contributed by atoms with van der Waals surface area (Å²) in [4.78, 5) is 11.8. The van der Waals surface area contributed by atoms with Gasteiger partial charge in [0.15, 0.2) is 0 Å². The molecule has 1 aliphatic rings. The lowest BCUT2D eigenvalue weighted by molar-refractivity contribution is -0.122. The molecule has 1 nitrogen and oxygen atoms in total. The molecular formula is C14H23IOSi. The van der Waals surface area contributed by atoms with E-state index in [4.69, 9.17) is 0 Å². The third kappa shape index (κ3) is 4.74.